The van der Waals surface area contributed by atoms with Gasteiger partial charge in [-0.3, -0.25) is 14.5 Å². The van der Waals surface area contributed by atoms with Crippen LogP contribution in [0.5, 0.6) is 17.2 Å². The molecular formula is C28H27NO6. The third-order valence-corrected chi connectivity index (χ3v) is 5.66. The van der Waals surface area contributed by atoms with E-state index in [1.54, 1.807) is 66.7 Å². The van der Waals surface area contributed by atoms with Crippen LogP contribution in [0, 0.1) is 0 Å². The molecule has 0 aliphatic carbocycles. The van der Waals surface area contributed by atoms with E-state index in [1.165, 1.54) is 19.1 Å². The highest BCUT2D eigenvalue weighted by Crippen LogP contribution is 2.43. The van der Waals surface area contributed by atoms with Crippen LogP contribution in [0.3, 0.4) is 0 Å². The summed E-state index contributed by atoms with van der Waals surface area (Å²) in [7, 11) is 3.04. The van der Waals surface area contributed by atoms with Crippen LogP contribution in [-0.4, -0.2) is 37.1 Å². The number of anilines is 1. The third-order valence-electron chi connectivity index (χ3n) is 5.66. The Morgan fingerprint density at radius 1 is 0.857 bits per heavy atom. The van der Waals surface area contributed by atoms with Crippen molar-refractivity contribution in [2.75, 3.05) is 19.1 Å². The van der Waals surface area contributed by atoms with Gasteiger partial charge < -0.3 is 19.3 Å². The fraction of sp³-hybridized carbons (Fsp3) is 0.214. The second-order valence-corrected chi connectivity index (χ2v) is 8.34. The van der Waals surface area contributed by atoms with Gasteiger partial charge in [0.1, 0.15) is 23.0 Å². The van der Waals surface area contributed by atoms with Gasteiger partial charge in [0, 0.05) is 17.3 Å². The fourth-order valence-electron chi connectivity index (χ4n) is 4.13. The van der Waals surface area contributed by atoms with Gasteiger partial charge in [0.2, 0.25) is 0 Å². The van der Waals surface area contributed by atoms with Crippen LogP contribution in [-0.2, 0) is 9.59 Å². The van der Waals surface area contributed by atoms with E-state index in [4.69, 9.17) is 14.2 Å². The Kier molecular flexibility index (Phi) is 6.78. The van der Waals surface area contributed by atoms with E-state index in [9.17, 15) is 14.7 Å². The van der Waals surface area contributed by atoms with Gasteiger partial charge in [-0.25, -0.2) is 0 Å². The van der Waals surface area contributed by atoms with E-state index in [2.05, 4.69) is 0 Å². The maximum Gasteiger partial charge on any atom is 0.300 e. The second-order valence-electron chi connectivity index (χ2n) is 8.34. The number of Topliss-reactive ketones (excluding diaryl/α,β-unsaturated/α-hetero) is 1. The summed E-state index contributed by atoms with van der Waals surface area (Å²) in [5, 5.41) is 11.3. The highest BCUT2D eigenvalue weighted by atomic mass is 16.5. The first-order chi connectivity index (χ1) is 16.8. The number of methoxy groups -OCH3 is 2. The van der Waals surface area contributed by atoms with Crippen molar-refractivity contribution in [3.63, 3.8) is 0 Å². The number of ether oxygens (including phenoxy) is 3. The molecule has 1 amide bonds. The largest absolute Gasteiger partial charge is 0.507 e. The average molecular weight is 474 g/mol. The number of hydrogen-bond acceptors (Lipinski definition) is 6. The van der Waals surface area contributed by atoms with Crippen LogP contribution in [0.4, 0.5) is 5.69 Å². The summed E-state index contributed by atoms with van der Waals surface area (Å²) in [6, 6.07) is 19.9. The van der Waals surface area contributed by atoms with E-state index >= 15 is 0 Å². The van der Waals surface area contributed by atoms with Crippen molar-refractivity contribution in [1.82, 2.24) is 0 Å². The van der Waals surface area contributed by atoms with Crippen LogP contribution in [0.15, 0.2) is 78.4 Å². The van der Waals surface area contributed by atoms with Gasteiger partial charge >= 0.3 is 0 Å². The number of benzene rings is 3. The van der Waals surface area contributed by atoms with E-state index in [0.29, 0.717) is 34.1 Å². The molecule has 1 aliphatic heterocycles. The highest BCUT2D eigenvalue weighted by molar-refractivity contribution is 6.51. The minimum atomic E-state index is -0.885. The number of carbonyl (C=O) groups excluding carboxylic acids is 2. The number of amides is 1. The van der Waals surface area contributed by atoms with Crippen molar-refractivity contribution in [2.24, 2.45) is 0 Å². The molecule has 0 bridgehead atoms. The topological polar surface area (TPSA) is 85.3 Å². The molecule has 1 heterocycles. The van der Waals surface area contributed by atoms with Crippen LogP contribution in [0.1, 0.15) is 31.0 Å². The SMILES string of the molecule is COc1cccc(/C(O)=C2\C(=O)C(=O)N(c3cccc(OC)c3)C2c2cccc(OC(C)C)c2)c1. The minimum Gasteiger partial charge on any atom is -0.507 e. The van der Waals surface area contributed by atoms with Crippen molar-refractivity contribution in [3.05, 3.63) is 89.5 Å². The molecule has 0 radical (unpaired) electrons. The molecule has 0 saturated carbocycles. The lowest BCUT2D eigenvalue weighted by Crippen LogP contribution is -2.29. The number of ketones is 1. The molecule has 7 heteroatoms. The van der Waals surface area contributed by atoms with Gasteiger partial charge in [-0.15, -0.1) is 0 Å². The molecule has 7 nitrogen and oxygen atoms in total. The van der Waals surface area contributed by atoms with Gasteiger partial charge in [-0.2, -0.15) is 0 Å². The smallest absolute Gasteiger partial charge is 0.300 e. The second kappa shape index (κ2) is 9.93. The Morgan fingerprint density at radius 2 is 1.49 bits per heavy atom. The number of aliphatic hydroxyl groups is 1. The zero-order valence-electron chi connectivity index (χ0n) is 20.0. The first kappa shape index (κ1) is 23.9. The molecular weight excluding hydrogens is 446 g/mol. The monoisotopic (exact) mass is 473 g/mol. The lowest BCUT2D eigenvalue weighted by Gasteiger charge is -2.26. The Labute approximate surface area is 204 Å². The molecule has 1 atom stereocenters. The molecule has 35 heavy (non-hydrogen) atoms. The standard InChI is InChI=1S/C28H27NO6/c1-17(2)35-23-13-5-8-18(14-23)25-24(26(30)19-9-6-11-21(15-19)33-3)27(31)28(32)29(25)20-10-7-12-22(16-20)34-4/h5-17,25,30H,1-4H3/b26-24+. The Morgan fingerprint density at radius 3 is 2.17 bits per heavy atom. The molecule has 0 aromatic heterocycles. The molecule has 1 saturated heterocycles. The first-order valence-electron chi connectivity index (χ1n) is 11.2. The van der Waals surface area contributed by atoms with Crippen molar-refractivity contribution < 1.29 is 28.9 Å². The van der Waals surface area contributed by atoms with Crippen LogP contribution in [0.25, 0.3) is 5.76 Å². The quantitative estimate of drug-likeness (QED) is 0.291. The van der Waals surface area contributed by atoms with Gasteiger partial charge in [-0.1, -0.05) is 30.3 Å². The summed E-state index contributed by atoms with van der Waals surface area (Å²) in [5.41, 5.74) is 1.44. The Hall–Kier alpha value is -4.26. The van der Waals surface area contributed by atoms with E-state index in [1.807, 2.05) is 19.9 Å². The molecule has 1 aliphatic rings. The predicted molar refractivity (Wildman–Crippen MR) is 133 cm³/mol. The third kappa shape index (κ3) is 4.71. The average Bonchev–Trinajstić information content (AvgIpc) is 3.13. The van der Waals surface area contributed by atoms with Crippen LogP contribution < -0.4 is 19.1 Å². The number of rotatable bonds is 7. The summed E-state index contributed by atoms with van der Waals surface area (Å²) in [5.74, 6) is -0.174. The number of aliphatic hydroxyl groups excluding tert-OH is 1. The van der Waals surface area contributed by atoms with E-state index in [-0.39, 0.29) is 17.4 Å². The lowest BCUT2D eigenvalue weighted by atomic mass is 9.95. The zero-order valence-corrected chi connectivity index (χ0v) is 20.0. The maximum absolute atomic E-state index is 13.4. The number of hydrogen-bond donors (Lipinski definition) is 1. The summed E-state index contributed by atoms with van der Waals surface area (Å²) >= 11 is 0. The minimum absolute atomic E-state index is 0.0206. The molecule has 1 N–H and O–H groups in total. The van der Waals surface area contributed by atoms with Crippen molar-refractivity contribution >= 4 is 23.1 Å². The van der Waals surface area contributed by atoms with Crippen molar-refractivity contribution in [3.8, 4) is 17.2 Å². The summed E-state index contributed by atoms with van der Waals surface area (Å²) in [4.78, 5) is 28.1. The molecule has 4 rings (SSSR count). The van der Waals surface area contributed by atoms with E-state index in [0.717, 1.165) is 0 Å². The normalized spacial score (nSPS) is 17.1. The molecule has 3 aromatic carbocycles. The fourth-order valence-corrected chi connectivity index (χ4v) is 4.13. The number of nitrogens with zero attached hydrogens (tertiary/aromatic N) is 1. The molecule has 1 fully saturated rings. The van der Waals surface area contributed by atoms with Crippen LogP contribution >= 0.6 is 0 Å². The molecule has 3 aromatic rings. The van der Waals surface area contributed by atoms with Crippen LogP contribution in [0.2, 0.25) is 0 Å². The summed E-state index contributed by atoms with van der Waals surface area (Å²) in [6.45, 7) is 3.83. The number of carbonyl (C=O) groups is 2. The summed E-state index contributed by atoms with van der Waals surface area (Å²) in [6.07, 6.45) is -0.0632. The van der Waals surface area contributed by atoms with Gasteiger partial charge in [0.15, 0.2) is 0 Å². The van der Waals surface area contributed by atoms with E-state index < -0.39 is 17.7 Å². The molecule has 0 spiro atoms. The van der Waals surface area contributed by atoms with Gasteiger partial charge in [-0.05, 0) is 55.8 Å². The van der Waals surface area contributed by atoms with Gasteiger partial charge in [0.25, 0.3) is 11.7 Å². The zero-order chi connectivity index (χ0) is 25.1. The van der Waals surface area contributed by atoms with Crippen molar-refractivity contribution in [2.45, 2.75) is 26.0 Å². The first-order valence-corrected chi connectivity index (χ1v) is 11.2. The maximum atomic E-state index is 13.4. The lowest BCUT2D eigenvalue weighted by molar-refractivity contribution is -0.132. The summed E-state index contributed by atoms with van der Waals surface area (Å²) < 4.78 is 16.5. The molecule has 1 unspecified atom stereocenters. The van der Waals surface area contributed by atoms with Crippen molar-refractivity contribution in [1.29, 1.82) is 0 Å². The Balaban J connectivity index is 1.94. The van der Waals surface area contributed by atoms with Gasteiger partial charge in [0.05, 0.1) is 31.9 Å². The Bertz CT molecular complexity index is 1300. The highest BCUT2D eigenvalue weighted by Gasteiger charge is 2.47. The predicted octanol–water partition coefficient (Wildman–Crippen LogP) is 5.12. The molecule has 180 valence electrons.